The molecule has 1 aromatic carbocycles. The summed E-state index contributed by atoms with van der Waals surface area (Å²) in [6, 6.07) is 23.2. The minimum atomic E-state index is -0.205. The van der Waals surface area contributed by atoms with Crippen LogP contribution in [0.3, 0.4) is 0 Å². The normalized spacial score (nSPS) is 17.8. The summed E-state index contributed by atoms with van der Waals surface area (Å²) in [7, 11) is 0. The minimum Gasteiger partial charge on any atom is -0.353 e. The van der Waals surface area contributed by atoms with Gasteiger partial charge in [-0.3, -0.25) is 0 Å². The third-order valence-corrected chi connectivity index (χ3v) is 7.70. The van der Waals surface area contributed by atoms with E-state index in [1.54, 1.807) is 12.1 Å². The lowest BCUT2D eigenvalue weighted by Crippen LogP contribution is -2.47. The Morgan fingerprint density at radius 1 is 0.744 bits per heavy atom. The molecule has 0 bridgehead atoms. The van der Waals surface area contributed by atoms with Crippen molar-refractivity contribution >= 4 is 23.1 Å². The molecule has 2 fully saturated rings. The topological polar surface area (TPSA) is 65.7 Å². The minimum absolute atomic E-state index is 0.101. The highest BCUT2D eigenvalue weighted by molar-refractivity contribution is 5.63. The number of hydrogen-bond acceptors (Lipinski definition) is 7. The van der Waals surface area contributed by atoms with Gasteiger partial charge in [-0.15, -0.1) is 5.10 Å². The van der Waals surface area contributed by atoms with E-state index in [2.05, 4.69) is 36.8 Å². The van der Waals surface area contributed by atoms with E-state index in [4.69, 9.17) is 10.1 Å². The Morgan fingerprint density at radius 3 is 2.38 bits per heavy atom. The average molecular weight is 521 g/mol. The van der Waals surface area contributed by atoms with Crippen LogP contribution in [0.2, 0.25) is 0 Å². The molecule has 0 N–H and O–H groups in total. The number of halogens is 1. The molecule has 5 aromatic rings. The maximum absolute atomic E-state index is 14.0. The summed E-state index contributed by atoms with van der Waals surface area (Å²) in [4.78, 5) is 21.0. The molecule has 8 nitrogen and oxygen atoms in total. The molecule has 0 radical (unpaired) electrons. The fraction of sp³-hybridized carbons (Fsp3) is 0.267. The molecule has 0 unspecified atom stereocenters. The Hall–Kier alpha value is -4.53. The number of pyridine rings is 2. The molecular formula is C30H29FN8. The number of anilines is 3. The maximum atomic E-state index is 14.0. The Balaban J connectivity index is 1.15. The van der Waals surface area contributed by atoms with Gasteiger partial charge < -0.3 is 14.7 Å². The Kier molecular flexibility index (Phi) is 6.03. The lowest BCUT2D eigenvalue weighted by molar-refractivity contribution is 0.617. The molecule has 0 saturated carbocycles. The number of aromatic nitrogens is 5. The molecule has 0 amide bonds. The van der Waals surface area contributed by atoms with E-state index < -0.39 is 0 Å². The van der Waals surface area contributed by atoms with E-state index in [0.717, 1.165) is 85.6 Å². The lowest BCUT2D eigenvalue weighted by atomic mass is 10.0. The molecule has 2 aliphatic heterocycles. The Morgan fingerprint density at radius 2 is 1.56 bits per heavy atom. The number of imidazole rings is 1. The van der Waals surface area contributed by atoms with Crippen molar-refractivity contribution < 1.29 is 4.39 Å². The zero-order valence-corrected chi connectivity index (χ0v) is 21.6. The summed E-state index contributed by atoms with van der Waals surface area (Å²) < 4.78 is 15.8. The van der Waals surface area contributed by atoms with Crippen LogP contribution in [0.1, 0.15) is 24.4 Å². The first-order valence-corrected chi connectivity index (χ1v) is 13.5. The first-order chi connectivity index (χ1) is 19.2. The second kappa shape index (κ2) is 9.98. The first-order valence-electron chi connectivity index (χ1n) is 13.5. The smallest absolute Gasteiger partial charge is 0.154 e. The number of hydrogen-bond donors (Lipinski definition) is 0. The summed E-state index contributed by atoms with van der Waals surface area (Å²) in [6.45, 7) is 4.41. The summed E-state index contributed by atoms with van der Waals surface area (Å²) >= 11 is 0. The van der Waals surface area contributed by atoms with Crippen molar-refractivity contribution in [3.8, 4) is 11.4 Å². The van der Waals surface area contributed by atoms with Crippen LogP contribution in [-0.4, -0.2) is 57.3 Å². The van der Waals surface area contributed by atoms with Crippen molar-refractivity contribution in [3.63, 3.8) is 0 Å². The molecule has 9 heteroatoms. The molecular weight excluding hydrogens is 491 g/mol. The van der Waals surface area contributed by atoms with Crippen LogP contribution in [0, 0.1) is 5.82 Å². The van der Waals surface area contributed by atoms with Crippen molar-refractivity contribution in [3.05, 3.63) is 96.6 Å². The molecule has 6 heterocycles. The van der Waals surface area contributed by atoms with E-state index in [1.807, 2.05) is 59.4 Å². The second-order valence-corrected chi connectivity index (χ2v) is 10.1. The third kappa shape index (κ3) is 4.54. The van der Waals surface area contributed by atoms with E-state index in [9.17, 15) is 4.39 Å². The maximum Gasteiger partial charge on any atom is 0.154 e. The van der Waals surface area contributed by atoms with Gasteiger partial charge in [0.1, 0.15) is 29.0 Å². The second-order valence-electron chi connectivity index (χ2n) is 10.1. The van der Waals surface area contributed by atoms with Gasteiger partial charge in [0.2, 0.25) is 0 Å². The average Bonchev–Trinajstić information content (AvgIpc) is 3.65. The molecule has 2 aliphatic rings. The van der Waals surface area contributed by atoms with E-state index in [1.165, 1.54) is 6.07 Å². The van der Waals surface area contributed by atoms with Crippen molar-refractivity contribution in [2.75, 3.05) is 47.4 Å². The molecule has 39 heavy (non-hydrogen) atoms. The predicted octanol–water partition coefficient (Wildman–Crippen LogP) is 4.99. The zero-order chi connectivity index (χ0) is 26.2. The van der Waals surface area contributed by atoms with Crippen LogP contribution >= 0.6 is 0 Å². The zero-order valence-electron chi connectivity index (χ0n) is 21.6. The van der Waals surface area contributed by atoms with Crippen molar-refractivity contribution in [2.45, 2.75) is 18.9 Å². The van der Waals surface area contributed by atoms with Crippen LogP contribution in [0.25, 0.3) is 17.0 Å². The number of rotatable bonds is 5. The molecule has 0 spiro atoms. The van der Waals surface area contributed by atoms with E-state index >= 15 is 0 Å². The first kappa shape index (κ1) is 23.6. The SMILES string of the molecule is Fc1cccc([C@H]2CCCN2c2ccc3ncc(-c4cccc(N5CCN(c6ccccn6)CC5)n4)n3n2)c1. The fourth-order valence-electron chi connectivity index (χ4n) is 5.74. The standard InChI is InChI=1S/C30H29FN8/c31-23-7-3-6-22(20-23)25-9-5-15-38(25)30-13-12-28-33-21-26(39(28)35-30)24-8-4-11-29(34-24)37-18-16-36(17-19-37)27-10-1-2-14-32-27/h1-4,6-8,10-14,20-21,25H,5,9,15-19H2/t25-/m1/s1. The molecule has 2 saturated heterocycles. The molecule has 196 valence electrons. The molecule has 0 aliphatic carbocycles. The number of piperazine rings is 1. The third-order valence-electron chi connectivity index (χ3n) is 7.70. The van der Waals surface area contributed by atoms with Gasteiger partial charge in [0.05, 0.1) is 17.9 Å². The van der Waals surface area contributed by atoms with Crippen LogP contribution in [0.4, 0.5) is 21.8 Å². The summed E-state index contributed by atoms with van der Waals surface area (Å²) in [5.74, 6) is 2.62. The van der Waals surface area contributed by atoms with E-state index in [-0.39, 0.29) is 11.9 Å². The van der Waals surface area contributed by atoms with Crippen LogP contribution in [0.5, 0.6) is 0 Å². The van der Waals surface area contributed by atoms with Gasteiger partial charge >= 0.3 is 0 Å². The monoisotopic (exact) mass is 520 g/mol. The quantitative estimate of drug-likeness (QED) is 0.323. The summed E-state index contributed by atoms with van der Waals surface area (Å²) in [6.07, 6.45) is 5.69. The highest BCUT2D eigenvalue weighted by Crippen LogP contribution is 2.35. The van der Waals surface area contributed by atoms with Crippen molar-refractivity contribution in [1.29, 1.82) is 0 Å². The van der Waals surface area contributed by atoms with Gasteiger partial charge in [-0.25, -0.2) is 23.9 Å². The van der Waals surface area contributed by atoms with Crippen molar-refractivity contribution in [1.82, 2.24) is 24.6 Å². The number of nitrogens with zero attached hydrogens (tertiary/aromatic N) is 8. The van der Waals surface area contributed by atoms with Gasteiger partial charge in [0, 0.05) is 38.9 Å². The Bertz CT molecular complexity index is 1600. The molecule has 4 aromatic heterocycles. The van der Waals surface area contributed by atoms with Gasteiger partial charge in [-0.2, -0.15) is 0 Å². The fourth-order valence-corrected chi connectivity index (χ4v) is 5.74. The lowest BCUT2D eigenvalue weighted by Gasteiger charge is -2.36. The van der Waals surface area contributed by atoms with Gasteiger partial charge in [0.15, 0.2) is 5.65 Å². The van der Waals surface area contributed by atoms with E-state index in [0.29, 0.717) is 0 Å². The van der Waals surface area contributed by atoms with Crippen molar-refractivity contribution in [2.24, 2.45) is 0 Å². The van der Waals surface area contributed by atoms with Crippen LogP contribution < -0.4 is 14.7 Å². The van der Waals surface area contributed by atoms with Crippen LogP contribution in [-0.2, 0) is 0 Å². The molecule has 1 atom stereocenters. The summed E-state index contributed by atoms with van der Waals surface area (Å²) in [5, 5.41) is 5.00. The Labute approximate surface area is 226 Å². The highest BCUT2D eigenvalue weighted by Gasteiger charge is 2.28. The number of benzene rings is 1. The van der Waals surface area contributed by atoms with Gasteiger partial charge in [-0.05, 0) is 66.9 Å². The summed E-state index contributed by atoms with van der Waals surface area (Å²) in [5.41, 5.74) is 3.44. The van der Waals surface area contributed by atoms with Gasteiger partial charge in [-0.1, -0.05) is 24.3 Å². The highest BCUT2D eigenvalue weighted by atomic mass is 19.1. The largest absolute Gasteiger partial charge is 0.353 e. The van der Waals surface area contributed by atoms with Crippen LogP contribution in [0.15, 0.2) is 85.2 Å². The molecule has 7 rings (SSSR count). The predicted molar refractivity (Wildman–Crippen MR) is 151 cm³/mol. The van der Waals surface area contributed by atoms with Gasteiger partial charge in [0.25, 0.3) is 0 Å². The number of fused-ring (bicyclic) bond motifs is 1.